The second kappa shape index (κ2) is 5.63. The smallest absolute Gasteiger partial charge is 0.224 e. The molecule has 0 aliphatic rings. The number of rotatable bonds is 5. The third-order valence-corrected chi connectivity index (χ3v) is 3.27. The maximum Gasteiger partial charge on any atom is 0.224 e. The largest absolute Gasteiger partial charge is 0.355 e. The van der Waals surface area contributed by atoms with Crippen LogP contribution in [0.25, 0.3) is 0 Å². The Kier molecular flexibility index (Phi) is 3.93. The molecule has 90 valence electrons. The van der Waals surface area contributed by atoms with Crippen molar-refractivity contribution in [1.82, 2.24) is 14.9 Å². The number of aromatic nitrogens is 2. The van der Waals surface area contributed by atoms with Gasteiger partial charge in [-0.3, -0.25) is 4.79 Å². The van der Waals surface area contributed by atoms with Crippen LogP contribution >= 0.6 is 11.3 Å². The molecule has 0 atom stereocenters. The molecule has 0 aliphatic carbocycles. The van der Waals surface area contributed by atoms with Crippen molar-refractivity contribution in [3.8, 4) is 0 Å². The van der Waals surface area contributed by atoms with Crippen LogP contribution in [-0.2, 0) is 24.7 Å². The van der Waals surface area contributed by atoms with Gasteiger partial charge in [0, 0.05) is 32.4 Å². The minimum Gasteiger partial charge on any atom is -0.355 e. The summed E-state index contributed by atoms with van der Waals surface area (Å²) in [6.07, 6.45) is 4.90. The number of amides is 1. The highest BCUT2D eigenvalue weighted by molar-refractivity contribution is 7.07. The predicted molar refractivity (Wildman–Crippen MR) is 67.9 cm³/mol. The number of imidazole rings is 1. The van der Waals surface area contributed by atoms with Gasteiger partial charge in [-0.05, 0) is 22.4 Å². The molecule has 0 saturated heterocycles. The van der Waals surface area contributed by atoms with Crippen LogP contribution in [0.1, 0.15) is 11.4 Å². The van der Waals surface area contributed by atoms with E-state index in [1.807, 2.05) is 34.6 Å². The van der Waals surface area contributed by atoms with Gasteiger partial charge in [-0.2, -0.15) is 11.3 Å². The number of aryl methyl sites for hydroxylation is 1. The van der Waals surface area contributed by atoms with Gasteiger partial charge in [-0.25, -0.2) is 4.98 Å². The molecule has 0 bridgehead atoms. The van der Waals surface area contributed by atoms with Crippen LogP contribution in [0.4, 0.5) is 0 Å². The Morgan fingerprint density at radius 1 is 1.59 bits per heavy atom. The quantitative estimate of drug-likeness (QED) is 0.870. The summed E-state index contributed by atoms with van der Waals surface area (Å²) in [6.45, 7) is 0.633. The van der Waals surface area contributed by atoms with Crippen molar-refractivity contribution in [2.75, 3.05) is 6.54 Å². The molecule has 0 fully saturated rings. The lowest BCUT2D eigenvalue weighted by molar-refractivity contribution is -0.120. The summed E-state index contributed by atoms with van der Waals surface area (Å²) < 4.78 is 1.96. The monoisotopic (exact) mass is 249 g/mol. The van der Waals surface area contributed by atoms with Crippen LogP contribution < -0.4 is 5.32 Å². The van der Waals surface area contributed by atoms with Gasteiger partial charge in [0.1, 0.15) is 5.82 Å². The molecular formula is C12H15N3OS. The molecule has 2 heterocycles. The summed E-state index contributed by atoms with van der Waals surface area (Å²) in [4.78, 5) is 15.8. The highest BCUT2D eigenvalue weighted by atomic mass is 32.1. The molecule has 0 saturated carbocycles. The first-order valence-corrected chi connectivity index (χ1v) is 6.44. The summed E-state index contributed by atoms with van der Waals surface area (Å²) >= 11 is 1.61. The summed E-state index contributed by atoms with van der Waals surface area (Å²) in [5.74, 6) is 1.05. The van der Waals surface area contributed by atoms with Gasteiger partial charge in [-0.1, -0.05) is 0 Å². The standard InChI is InChI=1S/C12H15N3OS/c1-15-6-5-13-11(15)2-4-14-12(16)8-10-3-7-17-9-10/h3,5-7,9H,2,4,8H2,1H3,(H,14,16). The first-order chi connectivity index (χ1) is 8.25. The SMILES string of the molecule is Cn1ccnc1CCNC(=O)Cc1ccsc1. The molecule has 4 nitrogen and oxygen atoms in total. The first-order valence-electron chi connectivity index (χ1n) is 5.49. The molecule has 0 aromatic carbocycles. The van der Waals surface area contributed by atoms with E-state index >= 15 is 0 Å². The van der Waals surface area contributed by atoms with Crippen LogP contribution in [0.15, 0.2) is 29.2 Å². The Morgan fingerprint density at radius 3 is 3.12 bits per heavy atom. The summed E-state index contributed by atoms with van der Waals surface area (Å²) in [7, 11) is 1.95. The van der Waals surface area contributed by atoms with Crippen LogP contribution in [0.3, 0.4) is 0 Å². The molecule has 2 aromatic rings. The van der Waals surface area contributed by atoms with Gasteiger partial charge in [0.15, 0.2) is 0 Å². The van der Waals surface area contributed by atoms with Crippen molar-refractivity contribution >= 4 is 17.2 Å². The topological polar surface area (TPSA) is 46.9 Å². The van der Waals surface area contributed by atoms with E-state index < -0.39 is 0 Å². The number of nitrogens with zero attached hydrogens (tertiary/aromatic N) is 2. The third-order valence-electron chi connectivity index (χ3n) is 2.54. The lowest BCUT2D eigenvalue weighted by atomic mass is 10.2. The van der Waals surface area contributed by atoms with Crippen LogP contribution in [0.5, 0.6) is 0 Å². The van der Waals surface area contributed by atoms with Crippen LogP contribution in [0, 0.1) is 0 Å². The van der Waals surface area contributed by atoms with Crippen LogP contribution in [0.2, 0.25) is 0 Å². The molecule has 1 amide bonds. The highest BCUT2D eigenvalue weighted by Crippen LogP contribution is 2.06. The average Bonchev–Trinajstić information content (AvgIpc) is 2.91. The zero-order valence-electron chi connectivity index (χ0n) is 9.72. The number of carbonyl (C=O) groups excluding carboxylic acids is 1. The Morgan fingerprint density at radius 2 is 2.47 bits per heavy atom. The van der Waals surface area contributed by atoms with Gasteiger partial charge in [0.05, 0.1) is 6.42 Å². The van der Waals surface area contributed by atoms with Gasteiger partial charge in [0.2, 0.25) is 5.91 Å². The van der Waals surface area contributed by atoms with E-state index in [1.165, 1.54) is 0 Å². The Balaban J connectivity index is 1.72. The summed E-state index contributed by atoms with van der Waals surface area (Å²) in [5, 5.41) is 6.88. The summed E-state index contributed by atoms with van der Waals surface area (Å²) in [6, 6.07) is 1.98. The van der Waals surface area contributed by atoms with Crippen molar-refractivity contribution in [2.45, 2.75) is 12.8 Å². The molecule has 17 heavy (non-hydrogen) atoms. The van der Waals surface area contributed by atoms with E-state index in [9.17, 15) is 4.79 Å². The van der Waals surface area contributed by atoms with E-state index in [4.69, 9.17) is 0 Å². The molecule has 2 rings (SSSR count). The molecular weight excluding hydrogens is 234 g/mol. The maximum absolute atomic E-state index is 11.6. The van der Waals surface area contributed by atoms with Crippen molar-refractivity contribution < 1.29 is 4.79 Å². The van der Waals surface area contributed by atoms with Gasteiger partial charge in [0.25, 0.3) is 0 Å². The predicted octanol–water partition coefficient (Wildman–Crippen LogP) is 1.38. The second-order valence-corrected chi connectivity index (χ2v) is 4.64. The molecule has 1 N–H and O–H groups in total. The zero-order chi connectivity index (χ0) is 12.1. The number of hydrogen-bond donors (Lipinski definition) is 1. The lowest BCUT2D eigenvalue weighted by Crippen LogP contribution is -2.27. The van der Waals surface area contributed by atoms with Crippen molar-refractivity contribution in [3.63, 3.8) is 0 Å². The average molecular weight is 249 g/mol. The Labute approximate surface area is 104 Å². The lowest BCUT2D eigenvalue weighted by Gasteiger charge is -2.04. The van der Waals surface area contributed by atoms with Crippen molar-refractivity contribution in [3.05, 3.63) is 40.6 Å². The number of nitrogens with one attached hydrogen (secondary N) is 1. The molecule has 2 aromatic heterocycles. The van der Waals surface area contributed by atoms with E-state index in [1.54, 1.807) is 17.5 Å². The Hall–Kier alpha value is -1.62. The third kappa shape index (κ3) is 3.42. The summed E-state index contributed by atoms with van der Waals surface area (Å²) in [5.41, 5.74) is 1.07. The second-order valence-electron chi connectivity index (χ2n) is 3.86. The molecule has 0 spiro atoms. The molecule has 0 aliphatic heterocycles. The van der Waals surface area contributed by atoms with E-state index in [2.05, 4.69) is 10.3 Å². The minimum atomic E-state index is 0.0672. The fourth-order valence-electron chi connectivity index (χ4n) is 1.59. The van der Waals surface area contributed by atoms with Crippen molar-refractivity contribution in [2.24, 2.45) is 7.05 Å². The Bertz CT molecular complexity index is 476. The normalized spacial score (nSPS) is 10.4. The molecule has 5 heteroatoms. The van der Waals surface area contributed by atoms with Crippen LogP contribution in [-0.4, -0.2) is 22.0 Å². The van der Waals surface area contributed by atoms with E-state index in [0.29, 0.717) is 13.0 Å². The number of carbonyl (C=O) groups is 1. The van der Waals surface area contributed by atoms with Crippen molar-refractivity contribution in [1.29, 1.82) is 0 Å². The fraction of sp³-hybridized carbons (Fsp3) is 0.333. The number of thiophene rings is 1. The van der Waals surface area contributed by atoms with Gasteiger partial charge >= 0.3 is 0 Å². The zero-order valence-corrected chi connectivity index (χ0v) is 10.5. The molecule has 0 unspecified atom stereocenters. The van der Waals surface area contributed by atoms with Gasteiger partial charge < -0.3 is 9.88 Å². The van der Waals surface area contributed by atoms with E-state index in [0.717, 1.165) is 17.8 Å². The fourth-order valence-corrected chi connectivity index (χ4v) is 2.26. The molecule has 0 radical (unpaired) electrons. The minimum absolute atomic E-state index is 0.0672. The number of hydrogen-bond acceptors (Lipinski definition) is 3. The van der Waals surface area contributed by atoms with Gasteiger partial charge in [-0.15, -0.1) is 0 Å². The first kappa shape index (κ1) is 11.9. The maximum atomic E-state index is 11.6. The van der Waals surface area contributed by atoms with E-state index in [-0.39, 0.29) is 5.91 Å². The highest BCUT2D eigenvalue weighted by Gasteiger charge is 2.04.